The zero-order chi connectivity index (χ0) is 40.7. The van der Waals surface area contributed by atoms with Gasteiger partial charge in [-0.15, -0.1) is 10.2 Å². The van der Waals surface area contributed by atoms with Crippen molar-refractivity contribution in [3.8, 4) is 29.6 Å². The minimum Gasteiger partial charge on any atom is -2.00 e. The minimum atomic E-state index is -4.41. The van der Waals surface area contributed by atoms with Crippen LogP contribution in [0.4, 0.5) is 0 Å². The van der Waals surface area contributed by atoms with Gasteiger partial charge in [0.2, 0.25) is 10.4 Å². The van der Waals surface area contributed by atoms with Gasteiger partial charge in [-0.05, 0) is 45.1 Å². The topological polar surface area (TPSA) is 283 Å². The molecule has 59 heavy (non-hydrogen) atoms. The summed E-state index contributed by atoms with van der Waals surface area (Å²) in [5.41, 5.74) is 1.76. The Labute approximate surface area is 388 Å². The Balaban J connectivity index is -0.000000107. The molecule has 0 fully saturated rings. The van der Waals surface area contributed by atoms with Crippen molar-refractivity contribution in [3.05, 3.63) is 152 Å². The second kappa shape index (κ2) is 49.1. The fourth-order valence-corrected chi connectivity index (χ4v) is 3.14. The summed E-state index contributed by atoms with van der Waals surface area (Å²) in [4.78, 5) is 0. The van der Waals surface area contributed by atoms with Gasteiger partial charge in [0.1, 0.15) is 0 Å². The van der Waals surface area contributed by atoms with E-state index in [1.807, 2.05) is 152 Å². The molecule has 0 bridgehead atoms. The number of rotatable bonds is 3. The molecule has 0 unspecified atom stereocenters. The molecular weight excluding hydrogens is 935 g/mol. The van der Waals surface area contributed by atoms with Gasteiger partial charge < -0.3 is 40.8 Å². The maximum Gasteiger partial charge on any atom is 3.00 e. The third-order valence-electron chi connectivity index (χ3n) is 4.75. The van der Waals surface area contributed by atoms with Crippen LogP contribution in [0.5, 0.6) is 0 Å². The number of nitriles is 3. The summed E-state index contributed by atoms with van der Waals surface area (Å²) in [7, 11) is -3.60. The summed E-state index contributed by atoms with van der Waals surface area (Å²) in [6.07, 6.45) is 0. The Kier molecular flexibility index (Phi) is 57.1. The first-order chi connectivity index (χ1) is 26.1. The van der Waals surface area contributed by atoms with Gasteiger partial charge in [0.15, 0.2) is 0 Å². The second-order valence-electron chi connectivity index (χ2n) is 8.55. The Bertz CT molecular complexity index is 1820. The fourth-order valence-electron chi connectivity index (χ4n) is 2.78. The number of hydrogen-bond acceptors (Lipinski definition) is 16. The van der Waals surface area contributed by atoms with E-state index in [9.17, 15) is 13.0 Å². The molecular formula is C36H38Cr3N11O6S3. The van der Waals surface area contributed by atoms with Gasteiger partial charge in [0.05, 0.1) is 36.7 Å². The first kappa shape index (κ1) is 68.6. The van der Waals surface area contributed by atoms with Crippen LogP contribution in [0.1, 0.15) is 20.8 Å². The Morgan fingerprint density at radius 2 is 0.814 bits per heavy atom. The van der Waals surface area contributed by atoms with Crippen molar-refractivity contribution >= 4 is 35.7 Å². The third-order valence-corrected chi connectivity index (χ3v) is 5.67. The van der Waals surface area contributed by atoms with Gasteiger partial charge in [-0.1, -0.05) is 36.4 Å². The molecule has 17 nitrogen and oxygen atoms in total. The number of benzene rings is 2. The van der Waals surface area contributed by atoms with Crippen LogP contribution in [-0.4, -0.2) is 66.0 Å². The first-order valence-corrected chi connectivity index (χ1v) is 17.2. The molecule has 7 aromatic rings. The molecule has 1 N–H and O–H groups in total. The molecule has 0 aliphatic carbocycles. The quantitative estimate of drug-likeness (QED) is 0.0884. The SMILES string of the molecule is CC#N.CC#N.CC#N.COS(=O)(=O)[O-].[Cr+3].[Cr+3].[Cr+3].[O-2].[OH-].[S-]c1nnnn1-c1ccccc1.[S-]c1nnnn1-c1ccccc1.c1cc[cH-]c1.c1cc[cH-]c1.c1cc[cH-]c1. The molecule has 0 atom stereocenters. The standard InChI is InChI=1S/2C7H6N4S.3C5H5.3C2H3N.CH4O4S.3Cr.H2O.O/c2*12-7-8-9-10-11(7)6-4-2-1-3-5-6;3*1-2-4-5-3-1;3*1-2-3;1-5-6(2,3)4;;;;;/h2*1-5H,(H,8,10,12);3*1-5H;3*1H3;1H3,(H,2,3,4);;;;1H2;/q;;3*-1;;;;;3*+3;;-2/p-4. The van der Waals surface area contributed by atoms with Crippen molar-refractivity contribution in [1.29, 1.82) is 15.8 Å². The van der Waals surface area contributed by atoms with E-state index in [1.165, 1.54) is 30.1 Å². The minimum absolute atomic E-state index is 0. The fraction of sp³-hybridized carbons (Fsp3) is 0.111. The summed E-state index contributed by atoms with van der Waals surface area (Å²) in [5, 5.41) is 44.3. The van der Waals surface area contributed by atoms with Gasteiger partial charge in [-0.25, -0.2) is 54.2 Å². The van der Waals surface area contributed by atoms with E-state index in [2.05, 4.69) is 35.2 Å². The van der Waals surface area contributed by atoms with Gasteiger partial charge in [-0.2, -0.15) is 70.4 Å². The van der Waals surface area contributed by atoms with E-state index in [1.54, 1.807) is 18.2 Å². The zero-order valence-corrected chi connectivity index (χ0v) is 38.1. The van der Waals surface area contributed by atoms with Crippen molar-refractivity contribution < 1.29 is 80.2 Å². The number of nitrogens with zero attached hydrogens (tertiary/aromatic N) is 11. The van der Waals surface area contributed by atoms with E-state index >= 15 is 0 Å². The van der Waals surface area contributed by atoms with Crippen LogP contribution < -0.4 is 0 Å². The molecule has 0 saturated carbocycles. The summed E-state index contributed by atoms with van der Waals surface area (Å²) >= 11 is 9.79. The average molecular weight is 973 g/mol. The van der Waals surface area contributed by atoms with E-state index < -0.39 is 10.4 Å². The summed E-state index contributed by atoms with van der Waals surface area (Å²) in [5.74, 6) is 0. The van der Waals surface area contributed by atoms with E-state index in [4.69, 9.17) is 41.0 Å². The van der Waals surface area contributed by atoms with Crippen LogP contribution in [0.25, 0.3) is 11.4 Å². The molecule has 5 aromatic carbocycles. The molecule has 2 aromatic heterocycles. The predicted molar refractivity (Wildman–Crippen MR) is 209 cm³/mol. The monoisotopic (exact) mass is 972 g/mol. The third kappa shape index (κ3) is 42.4. The van der Waals surface area contributed by atoms with E-state index in [-0.39, 0.29) is 63.0 Å². The van der Waals surface area contributed by atoms with Crippen molar-refractivity contribution in [3.63, 3.8) is 0 Å². The van der Waals surface area contributed by atoms with Crippen LogP contribution in [0, 0.1) is 34.0 Å². The molecule has 0 spiro atoms. The maximum absolute atomic E-state index is 9.22. The Morgan fingerprint density at radius 1 is 0.593 bits per heavy atom. The summed E-state index contributed by atoms with van der Waals surface area (Å²) < 4.78 is 34.0. The zero-order valence-electron chi connectivity index (χ0n) is 31.8. The predicted octanol–water partition coefficient (Wildman–Crippen LogP) is 5.73. The van der Waals surface area contributed by atoms with Crippen molar-refractivity contribution in [2.45, 2.75) is 31.1 Å². The van der Waals surface area contributed by atoms with Crippen molar-refractivity contribution in [1.82, 2.24) is 40.4 Å². The Morgan fingerprint density at radius 3 is 0.949 bits per heavy atom. The van der Waals surface area contributed by atoms with E-state index in [0.717, 1.165) is 18.5 Å². The van der Waals surface area contributed by atoms with Crippen molar-refractivity contribution in [2.24, 2.45) is 0 Å². The molecule has 0 aliphatic rings. The molecule has 0 saturated heterocycles. The van der Waals surface area contributed by atoms with E-state index in [0.29, 0.717) is 10.3 Å². The van der Waals surface area contributed by atoms with Gasteiger partial charge in [-0.3, -0.25) is 4.18 Å². The second-order valence-corrected chi connectivity index (χ2v) is 10.4. The van der Waals surface area contributed by atoms with Gasteiger partial charge >= 0.3 is 52.1 Å². The van der Waals surface area contributed by atoms with Crippen LogP contribution in [0.15, 0.2) is 162 Å². The Hall–Kier alpha value is -5.07. The van der Waals surface area contributed by atoms with Gasteiger partial charge in [0, 0.05) is 31.1 Å². The molecule has 309 valence electrons. The van der Waals surface area contributed by atoms with Crippen LogP contribution in [-0.2, 0) is 97.4 Å². The smallest absolute Gasteiger partial charge is 2.00 e. The maximum atomic E-state index is 9.22. The number of hydrogen-bond donors (Lipinski definition) is 0. The molecule has 2 heterocycles. The van der Waals surface area contributed by atoms with Crippen molar-refractivity contribution in [2.75, 3.05) is 7.11 Å². The van der Waals surface area contributed by atoms with Gasteiger partial charge in [0.25, 0.3) is 0 Å². The van der Waals surface area contributed by atoms with Crippen LogP contribution >= 0.6 is 0 Å². The normalized spacial score (nSPS) is 7.69. The largest absolute Gasteiger partial charge is 3.00 e. The number of tetrazole rings is 2. The average Bonchev–Trinajstić information content (AvgIpc) is 4.03. The number of aromatic nitrogens is 8. The van der Waals surface area contributed by atoms with Crippen LogP contribution in [0.3, 0.4) is 0 Å². The molecule has 23 heteroatoms. The molecule has 7 rings (SSSR count). The molecule has 0 aliphatic heterocycles. The molecule has 0 amide bonds. The first-order valence-electron chi connectivity index (χ1n) is 15.0. The van der Waals surface area contributed by atoms with Crippen LogP contribution in [0.2, 0.25) is 0 Å². The summed E-state index contributed by atoms with van der Waals surface area (Å²) in [6.45, 7) is 4.29. The summed E-state index contributed by atoms with van der Waals surface area (Å²) in [6, 6.07) is 54.3. The number of para-hydroxylation sites is 2. The molecule has 3 radical (unpaired) electrons.